The molecular weight excluding hydrogens is 261 g/mol. The van der Waals surface area contributed by atoms with Crippen LogP contribution in [0.5, 0.6) is 5.75 Å². The third-order valence-corrected chi connectivity index (χ3v) is 2.55. The molecule has 1 heterocycles. The Kier molecular flexibility index (Phi) is 3.91. The number of carbonyl (C=O) groups is 1. The smallest absolute Gasteiger partial charge is 0.256 e. The van der Waals surface area contributed by atoms with Crippen LogP contribution in [0, 0.1) is 17.1 Å². The molecule has 100 valence electrons. The van der Waals surface area contributed by atoms with Crippen LogP contribution in [-0.2, 0) is 0 Å². The SMILES string of the molecule is COc1ccc(C(=O)Nc2ccc(C#N)cn2)cc1F. The summed E-state index contributed by atoms with van der Waals surface area (Å²) < 4.78 is 18.3. The van der Waals surface area contributed by atoms with Gasteiger partial charge in [-0.2, -0.15) is 5.26 Å². The standard InChI is InChI=1S/C14H10FN3O2/c1-20-12-4-3-10(6-11(12)15)14(19)18-13-5-2-9(7-16)8-17-13/h2-6,8H,1H3,(H,17,18,19). The molecule has 0 aliphatic carbocycles. The summed E-state index contributed by atoms with van der Waals surface area (Å²) in [6, 6.07) is 8.84. The molecular formula is C14H10FN3O2. The Labute approximate surface area is 114 Å². The van der Waals surface area contributed by atoms with Gasteiger partial charge in [0.05, 0.1) is 12.7 Å². The number of rotatable bonds is 3. The zero-order valence-corrected chi connectivity index (χ0v) is 10.6. The van der Waals surface area contributed by atoms with E-state index < -0.39 is 11.7 Å². The first-order valence-electron chi connectivity index (χ1n) is 5.65. The third kappa shape index (κ3) is 2.90. The van der Waals surface area contributed by atoms with Gasteiger partial charge in [-0.15, -0.1) is 0 Å². The highest BCUT2D eigenvalue weighted by atomic mass is 19.1. The normalized spacial score (nSPS) is 9.65. The Balaban J connectivity index is 2.15. The number of anilines is 1. The number of carbonyl (C=O) groups excluding carboxylic acids is 1. The van der Waals surface area contributed by atoms with Crippen LogP contribution >= 0.6 is 0 Å². The van der Waals surface area contributed by atoms with Gasteiger partial charge in [0, 0.05) is 11.8 Å². The number of benzene rings is 1. The fourth-order valence-corrected chi connectivity index (χ4v) is 1.53. The van der Waals surface area contributed by atoms with E-state index in [4.69, 9.17) is 10.00 Å². The molecule has 1 aromatic carbocycles. The lowest BCUT2D eigenvalue weighted by molar-refractivity contribution is 0.102. The van der Waals surface area contributed by atoms with Crippen LogP contribution in [0.25, 0.3) is 0 Å². The Morgan fingerprint density at radius 1 is 1.40 bits per heavy atom. The van der Waals surface area contributed by atoms with Crippen LogP contribution in [0.15, 0.2) is 36.5 Å². The number of nitriles is 1. The van der Waals surface area contributed by atoms with E-state index in [0.29, 0.717) is 5.56 Å². The maximum Gasteiger partial charge on any atom is 0.256 e. The molecule has 1 aromatic heterocycles. The molecule has 0 saturated heterocycles. The van der Waals surface area contributed by atoms with Gasteiger partial charge in [-0.3, -0.25) is 4.79 Å². The molecule has 0 aliphatic heterocycles. The number of pyridine rings is 1. The average molecular weight is 271 g/mol. The van der Waals surface area contributed by atoms with Crippen LogP contribution in [-0.4, -0.2) is 18.0 Å². The number of nitrogens with zero attached hydrogens (tertiary/aromatic N) is 2. The molecule has 0 aliphatic rings. The number of hydrogen-bond acceptors (Lipinski definition) is 4. The van der Waals surface area contributed by atoms with Gasteiger partial charge in [0.2, 0.25) is 0 Å². The minimum Gasteiger partial charge on any atom is -0.494 e. The molecule has 1 N–H and O–H groups in total. The number of hydrogen-bond donors (Lipinski definition) is 1. The summed E-state index contributed by atoms with van der Waals surface area (Å²) in [7, 11) is 1.35. The lowest BCUT2D eigenvalue weighted by atomic mass is 10.2. The summed E-state index contributed by atoms with van der Waals surface area (Å²) in [5, 5.41) is 11.1. The lowest BCUT2D eigenvalue weighted by Gasteiger charge is -2.06. The predicted octanol–water partition coefficient (Wildman–Crippen LogP) is 2.35. The molecule has 5 nitrogen and oxygen atoms in total. The first kappa shape index (κ1) is 13.5. The molecule has 2 aromatic rings. The fourth-order valence-electron chi connectivity index (χ4n) is 1.53. The van der Waals surface area contributed by atoms with Gasteiger partial charge in [0.15, 0.2) is 11.6 Å². The van der Waals surface area contributed by atoms with E-state index >= 15 is 0 Å². The van der Waals surface area contributed by atoms with E-state index in [1.54, 1.807) is 0 Å². The van der Waals surface area contributed by atoms with Crippen molar-refractivity contribution in [1.82, 2.24) is 4.98 Å². The lowest BCUT2D eigenvalue weighted by Crippen LogP contribution is -2.13. The highest BCUT2D eigenvalue weighted by Gasteiger charge is 2.10. The first-order valence-corrected chi connectivity index (χ1v) is 5.65. The molecule has 2 rings (SSSR count). The van der Waals surface area contributed by atoms with Gasteiger partial charge in [-0.05, 0) is 30.3 Å². The van der Waals surface area contributed by atoms with Crippen LogP contribution in [0.4, 0.5) is 10.2 Å². The Hall–Kier alpha value is -2.94. The summed E-state index contributed by atoms with van der Waals surface area (Å²) in [4.78, 5) is 15.8. The summed E-state index contributed by atoms with van der Waals surface area (Å²) in [5.41, 5.74) is 0.535. The van der Waals surface area contributed by atoms with E-state index in [1.165, 1.54) is 37.6 Å². The molecule has 20 heavy (non-hydrogen) atoms. The highest BCUT2D eigenvalue weighted by Crippen LogP contribution is 2.18. The zero-order chi connectivity index (χ0) is 14.5. The van der Waals surface area contributed by atoms with Gasteiger partial charge in [-0.25, -0.2) is 9.37 Å². The van der Waals surface area contributed by atoms with E-state index in [0.717, 1.165) is 6.07 Å². The van der Waals surface area contributed by atoms with Crippen molar-refractivity contribution in [3.05, 3.63) is 53.5 Å². The maximum absolute atomic E-state index is 13.5. The van der Waals surface area contributed by atoms with Crippen molar-refractivity contribution in [2.75, 3.05) is 12.4 Å². The quantitative estimate of drug-likeness (QED) is 0.929. The van der Waals surface area contributed by atoms with E-state index in [-0.39, 0.29) is 17.1 Å². The molecule has 0 radical (unpaired) electrons. The van der Waals surface area contributed by atoms with Gasteiger partial charge >= 0.3 is 0 Å². The van der Waals surface area contributed by atoms with Crippen LogP contribution < -0.4 is 10.1 Å². The molecule has 0 saturated carbocycles. The molecule has 0 spiro atoms. The van der Waals surface area contributed by atoms with Crippen molar-refractivity contribution in [3.8, 4) is 11.8 Å². The molecule has 0 fully saturated rings. The van der Waals surface area contributed by atoms with Crippen molar-refractivity contribution in [1.29, 1.82) is 5.26 Å². The van der Waals surface area contributed by atoms with Gasteiger partial charge in [0.1, 0.15) is 11.9 Å². The Morgan fingerprint density at radius 3 is 2.75 bits per heavy atom. The summed E-state index contributed by atoms with van der Waals surface area (Å²) in [6.45, 7) is 0. The summed E-state index contributed by atoms with van der Waals surface area (Å²) in [5.74, 6) is -0.764. The Bertz CT molecular complexity index is 678. The molecule has 1 amide bonds. The molecule has 0 atom stereocenters. The maximum atomic E-state index is 13.5. The second-order valence-corrected chi connectivity index (χ2v) is 3.85. The van der Waals surface area contributed by atoms with E-state index in [2.05, 4.69) is 10.3 Å². The second-order valence-electron chi connectivity index (χ2n) is 3.85. The molecule has 6 heteroatoms. The largest absolute Gasteiger partial charge is 0.494 e. The topological polar surface area (TPSA) is 75.0 Å². The van der Waals surface area contributed by atoms with Crippen molar-refractivity contribution < 1.29 is 13.9 Å². The van der Waals surface area contributed by atoms with Crippen LogP contribution in [0.3, 0.4) is 0 Å². The number of aromatic nitrogens is 1. The molecule has 0 unspecified atom stereocenters. The number of methoxy groups -OCH3 is 1. The van der Waals surface area contributed by atoms with Gasteiger partial charge in [0.25, 0.3) is 5.91 Å². The first-order chi connectivity index (χ1) is 9.63. The monoisotopic (exact) mass is 271 g/mol. The van der Waals surface area contributed by atoms with Gasteiger partial charge < -0.3 is 10.1 Å². The summed E-state index contributed by atoms with van der Waals surface area (Å²) in [6.07, 6.45) is 1.34. The Morgan fingerprint density at radius 2 is 2.20 bits per heavy atom. The third-order valence-electron chi connectivity index (χ3n) is 2.55. The van der Waals surface area contributed by atoms with E-state index in [1.807, 2.05) is 6.07 Å². The average Bonchev–Trinajstić information content (AvgIpc) is 2.48. The number of halogens is 1. The number of ether oxygens (including phenoxy) is 1. The highest BCUT2D eigenvalue weighted by molar-refractivity contribution is 6.03. The zero-order valence-electron chi connectivity index (χ0n) is 10.6. The van der Waals surface area contributed by atoms with Crippen molar-refractivity contribution >= 4 is 11.7 Å². The molecule has 0 bridgehead atoms. The number of nitrogens with one attached hydrogen (secondary N) is 1. The van der Waals surface area contributed by atoms with Crippen LogP contribution in [0.2, 0.25) is 0 Å². The minimum atomic E-state index is -0.618. The van der Waals surface area contributed by atoms with Crippen molar-refractivity contribution in [2.24, 2.45) is 0 Å². The van der Waals surface area contributed by atoms with Crippen molar-refractivity contribution in [3.63, 3.8) is 0 Å². The second kappa shape index (κ2) is 5.80. The summed E-state index contributed by atoms with van der Waals surface area (Å²) >= 11 is 0. The fraction of sp³-hybridized carbons (Fsp3) is 0.0714. The van der Waals surface area contributed by atoms with Gasteiger partial charge in [-0.1, -0.05) is 0 Å². The predicted molar refractivity (Wildman–Crippen MR) is 69.9 cm³/mol. The van der Waals surface area contributed by atoms with Crippen LogP contribution in [0.1, 0.15) is 15.9 Å². The van der Waals surface area contributed by atoms with Crippen molar-refractivity contribution in [2.45, 2.75) is 0 Å². The van der Waals surface area contributed by atoms with E-state index in [9.17, 15) is 9.18 Å². The minimum absolute atomic E-state index is 0.0676. The number of amides is 1.